The first-order valence-corrected chi connectivity index (χ1v) is 8.16. The van der Waals surface area contributed by atoms with Crippen molar-refractivity contribution < 1.29 is 15.0 Å². The summed E-state index contributed by atoms with van der Waals surface area (Å²) >= 11 is 9.49. The van der Waals surface area contributed by atoms with Gasteiger partial charge in [0.05, 0.1) is 18.2 Å². The topological polar surface area (TPSA) is 30.3 Å². The lowest BCUT2D eigenvalue weighted by Crippen LogP contribution is -3.20. The highest BCUT2D eigenvalue weighted by Gasteiger charge is 2.14. The van der Waals surface area contributed by atoms with Crippen LogP contribution in [0.2, 0.25) is 5.02 Å². The van der Waals surface area contributed by atoms with E-state index in [0.29, 0.717) is 5.02 Å². The fraction of sp³-hybridized carbons (Fsp3) is 0.571. The lowest BCUT2D eigenvalue weighted by Gasteiger charge is -2.22. The molecule has 1 aliphatic heterocycles. The number of benzene rings is 1. The molecule has 2 rings (SSSR count). The molecule has 19 heavy (non-hydrogen) atoms. The van der Waals surface area contributed by atoms with Crippen molar-refractivity contribution >= 4 is 27.5 Å². The minimum absolute atomic E-state index is 0.673. The summed E-state index contributed by atoms with van der Waals surface area (Å²) < 4.78 is 6.69. The Labute approximate surface area is 128 Å². The maximum absolute atomic E-state index is 6.10. The Hall–Kier alpha value is -0.290. The smallest absolute Gasteiger partial charge is 0.137 e. The molecule has 106 valence electrons. The summed E-state index contributed by atoms with van der Waals surface area (Å²) in [5.74, 6) is 0.782. The first kappa shape index (κ1) is 15.1. The second-order valence-corrected chi connectivity index (χ2v) is 6.32. The van der Waals surface area contributed by atoms with Crippen LogP contribution in [0.5, 0.6) is 5.75 Å². The zero-order chi connectivity index (χ0) is 13.5. The van der Waals surface area contributed by atoms with Crippen LogP contribution in [0.1, 0.15) is 12.8 Å². The van der Waals surface area contributed by atoms with Gasteiger partial charge in [-0.25, -0.2) is 0 Å². The average Bonchev–Trinajstić information content (AvgIpc) is 2.42. The van der Waals surface area contributed by atoms with Gasteiger partial charge in [0.15, 0.2) is 0 Å². The van der Waals surface area contributed by atoms with Crippen LogP contribution in [0.15, 0.2) is 22.7 Å². The van der Waals surface area contributed by atoms with Crippen LogP contribution < -0.4 is 15.0 Å². The molecule has 0 radical (unpaired) electrons. The molecule has 1 fully saturated rings. The Kier molecular flexibility index (Phi) is 6.44. The predicted octanol–water partition coefficient (Wildman–Crippen LogP) is 0.723. The number of ether oxygens (including phenoxy) is 1. The molecule has 0 saturated carbocycles. The summed E-state index contributed by atoms with van der Waals surface area (Å²) in [6.45, 7) is 7.19. The number of nitrogens with one attached hydrogen (secondary N) is 1. The van der Waals surface area contributed by atoms with Crippen LogP contribution in [0.3, 0.4) is 0 Å². The molecule has 1 saturated heterocycles. The van der Waals surface area contributed by atoms with E-state index >= 15 is 0 Å². The SMILES string of the molecule is Clc1cc(Br)ccc1OCCCC[NH+]1CC[NH2+]CC1. The summed E-state index contributed by atoms with van der Waals surface area (Å²) in [7, 11) is 0. The van der Waals surface area contributed by atoms with Crippen molar-refractivity contribution in [1.82, 2.24) is 0 Å². The van der Waals surface area contributed by atoms with Crippen LogP contribution >= 0.6 is 27.5 Å². The number of hydrogen-bond donors (Lipinski definition) is 2. The molecule has 3 N–H and O–H groups in total. The number of rotatable bonds is 6. The molecule has 0 unspecified atom stereocenters. The van der Waals surface area contributed by atoms with E-state index in [4.69, 9.17) is 16.3 Å². The van der Waals surface area contributed by atoms with Gasteiger partial charge in [0.2, 0.25) is 0 Å². The van der Waals surface area contributed by atoms with E-state index < -0.39 is 0 Å². The highest BCUT2D eigenvalue weighted by atomic mass is 79.9. The lowest BCUT2D eigenvalue weighted by atomic mass is 10.2. The first-order valence-electron chi connectivity index (χ1n) is 6.99. The molecule has 0 aliphatic carbocycles. The normalized spacial score (nSPS) is 16.5. The van der Waals surface area contributed by atoms with E-state index in [0.717, 1.165) is 23.2 Å². The van der Waals surface area contributed by atoms with Gasteiger partial charge in [-0.15, -0.1) is 0 Å². The van der Waals surface area contributed by atoms with Crippen LogP contribution in [0.4, 0.5) is 0 Å². The molecule has 0 aromatic heterocycles. The maximum atomic E-state index is 6.10. The van der Waals surface area contributed by atoms with E-state index in [2.05, 4.69) is 21.2 Å². The fourth-order valence-electron chi connectivity index (χ4n) is 2.38. The second-order valence-electron chi connectivity index (χ2n) is 5.00. The molecule has 1 aliphatic rings. The van der Waals surface area contributed by atoms with Crippen LogP contribution in [-0.2, 0) is 0 Å². The average molecular weight is 350 g/mol. The lowest BCUT2D eigenvalue weighted by molar-refractivity contribution is -0.946. The third-order valence-electron chi connectivity index (χ3n) is 3.48. The largest absolute Gasteiger partial charge is 0.492 e. The molecule has 1 aromatic rings. The number of nitrogens with two attached hydrogens (primary N) is 1. The monoisotopic (exact) mass is 348 g/mol. The van der Waals surface area contributed by atoms with E-state index in [1.165, 1.54) is 39.1 Å². The quantitative estimate of drug-likeness (QED) is 0.729. The molecule has 0 atom stereocenters. The van der Waals surface area contributed by atoms with E-state index in [9.17, 15) is 0 Å². The van der Waals surface area contributed by atoms with E-state index in [-0.39, 0.29) is 0 Å². The Bertz CT molecular complexity index is 397. The third kappa shape index (κ3) is 5.30. The Balaban J connectivity index is 1.61. The molecule has 0 bridgehead atoms. The molecular weight excluding hydrogens is 328 g/mol. The van der Waals surface area contributed by atoms with Crippen molar-refractivity contribution in [2.45, 2.75) is 12.8 Å². The van der Waals surface area contributed by atoms with Gasteiger partial charge >= 0.3 is 0 Å². The van der Waals surface area contributed by atoms with Gasteiger partial charge in [0.25, 0.3) is 0 Å². The first-order chi connectivity index (χ1) is 9.25. The maximum Gasteiger partial charge on any atom is 0.137 e. The van der Waals surface area contributed by atoms with Gasteiger partial charge < -0.3 is 15.0 Å². The van der Waals surface area contributed by atoms with E-state index in [1.54, 1.807) is 4.90 Å². The number of piperazine rings is 1. The summed E-state index contributed by atoms with van der Waals surface area (Å²) in [5, 5.41) is 3.08. The molecule has 0 amide bonds. The molecule has 0 spiro atoms. The van der Waals surface area contributed by atoms with Crippen LogP contribution in [0.25, 0.3) is 0 Å². The zero-order valence-electron chi connectivity index (χ0n) is 11.1. The Morgan fingerprint density at radius 3 is 2.79 bits per heavy atom. The molecular formula is C14H22BrClN2O+2. The van der Waals surface area contributed by atoms with Gasteiger partial charge in [-0.05, 0) is 31.0 Å². The standard InChI is InChI=1S/C14H20BrClN2O/c15-12-3-4-14(13(16)11-12)19-10-2-1-7-18-8-5-17-6-9-18/h3-4,11,17H,1-2,5-10H2/p+2. The van der Waals surface area contributed by atoms with Gasteiger partial charge in [-0.1, -0.05) is 27.5 Å². The number of unbranched alkanes of at least 4 members (excludes halogenated alkanes) is 1. The van der Waals surface area contributed by atoms with Crippen molar-refractivity contribution in [1.29, 1.82) is 0 Å². The number of hydrogen-bond acceptors (Lipinski definition) is 1. The van der Waals surface area contributed by atoms with Crippen molar-refractivity contribution in [3.8, 4) is 5.75 Å². The number of quaternary nitrogens is 2. The minimum Gasteiger partial charge on any atom is -0.492 e. The van der Waals surface area contributed by atoms with E-state index in [1.807, 2.05) is 18.2 Å². The van der Waals surface area contributed by atoms with Crippen molar-refractivity contribution in [3.63, 3.8) is 0 Å². The minimum atomic E-state index is 0.673. The van der Waals surface area contributed by atoms with Gasteiger partial charge in [-0.3, -0.25) is 0 Å². The summed E-state index contributed by atoms with van der Waals surface area (Å²) in [6.07, 6.45) is 2.32. The molecule has 1 aromatic carbocycles. The van der Waals surface area contributed by atoms with Gasteiger partial charge in [0, 0.05) is 4.47 Å². The number of halogens is 2. The van der Waals surface area contributed by atoms with Crippen LogP contribution in [0, 0.1) is 0 Å². The second kappa shape index (κ2) is 8.10. The molecule has 3 nitrogen and oxygen atoms in total. The molecule has 5 heteroatoms. The predicted molar refractivity (Wildman–Crippen MR) is 81.1 cm³/mol. The Morgan fingerprint density at radius 1 is 1.26 bits per heavy atom. The van der Waals surface area contributed by atoms with Gasteiger partial charge in [0.1, 0.15) is 31.9 Å². The third-order valence-corrected chi connectivity index (χ3v) is 4.27. The summed E-state index contributed by atoms with van der Waals surface area (Å²) in [6, 6.07) is 5.74. The fourth-order valence-corrected chi connectivity index (χ4v) is 3.11. The van der Waals surface area contributed by atoms with Crippen molar-refractivity contribution in [2.24, 2.45) is 0 Å². The van der Waals surface area contributed by atoms with Gasteiger partial charge in [-0.2, -0.15) is 0 Å². The highest BCUT2D eigenvalue weighted by Crippen LogP contribution is 2.27. The van der Waals surface area contributed by atoms with Crippen molar-refractivity contribution in [2.75, 3.05) is 39.3 Å². The van der Waals surface area contributed by atoms with Crippen molar-refractivity contribution in [3.05, 3.63) is 27.7 Å². The summed E-state index contributed by atoms with van der Waals surface area (Å²) in [4.78, 5) is 1.74. The summed E-state index contributed by atoms with van der Waals surface area (Å²) in [5.41, 5.74) is 0. The highest BCUT2D eigenvalue weighted by molar-refractivity contribution is 9.10. The Morgan fingerprint density at radius 2 is 2.05 bits per heavy atom. The zero-order valence-corrected chi connectivity index (χ0v) is 13.5. The van der Waals surface area contributed by atoms with Crippen LogP contribution in [-0.4, -0.2) is 39.3 Å². The molecule has 1 heterocycles.